The summed E-state index contributed by atoms with van der Waals surface area (Å²) in [6, 6.07) is 7.92. The van der Waals surface area contributed by atoms with E-state index in [1.165, 1.54) is 0 Å². The molecule has 4 N–H and O–H groups in total. The van der Waals surface area contributed by atoms with E-state index in [4.69, 9.17) is 20.0 Å². The minimum atomic E-state index is -1.20. The van der Waals surface area contributed by atoms with Gasteiger partial charge in [-0.1, -0.05) is 30.3 Å². The third-order valence-electron chi connectivity index (χ3n) is 3.53. The van der Waals surface area contributed by atoms with Crippen LogP contribution in [-0.2, 0) is 20.9 Å². The second-order valence-electron chi connectivity index (χ2n) is 5.49. The average Bonchev–Trinajstić information content (AvgIpc) is 2.98. The summed E-state index contributed by atoms with van der Waals surface area (Å²) in [4.78, 5) is 22.9. The molecular weight excluding hydrogens is 314 g/mol. The van der Waals surface area contributed by atoms with Crippen molar-refractivity contribution in [3.05, 3.63) is 35.9 Å². The Labute approximate surface area is 139 Å². The fourth-order valence-corrected chi connectivity index (χ4v) is 2.24. The normalized spacial score (nSPS) is 17.8. The topological polar surface area (TPSA) is 121 Å². The van der Waals surface area contributed by atoms with Crippen LogP contribution in [0.25, 0.3) is 0 Å². The van der Waals surface area contributed by atoms with Crippen LogP contribution in [-0.4, -0.2) is 48.3 Å². The van der Waals surface area contributed by atoms with Crippen LogP contribution in [0.4, 0.5) is 4.79 Å². The molecule has 1 aromatic rings. The number of amides is 1. The fourth-order valence-electron chi connectivity index (χ4n) is 2.24. The lowest BCUT2D eigenvalue weighted by Gasteiger charge is -2.17. The van der Waals surface area contributed by atoms with Gasteiger partial charge in [-0.15, -0.1) is 0 Å². The largest absolute Gasteiger partial charge is 0.480 e. The van der Waals surface area contributed by atoms with Crippen molar-refractivity contribution in [3.8, 4) is 0 Å². The molecule has 8 nitrogen and oxygen atoms in total. The van der Waals surface area contributed by atoms with Crippen molar-refractivity contribution < 1.29 is 24.2 Å². The summed E-state index contributed by atoms with van der Waals surface area (Å²) in [7, 11) is 0. The lowest BCUT2D eigenvalue weighted by molar-refractivity contribution is -0.141. The highest BCUT2D eigenvalue weighted by atomic mass is 16.5. The molecule has 1 amide bonds. The maximum Gasteiger partial charge on any atom is 0.408 e. The van der Waals surface area contributed by atoms with Crippen LogP contribution in [0.5, 0.6) is 0 Å². The lowest BCUT2D eigenvalue weighted by Crippen LogP contribution is -2.45. The summed E-state index contributed by atoms with van der Waals surface area (Å²) in [5.41, 5.74) is 0.811. The Kier molecular flexibility index (Phi) is 6.56. The summed E-state index contributed by atoms with van der Waals surface area (Å²) in [6.45, 7) is 0.183. The van der Waals surface area contributed by atoms with E-state index < -0.39 is 18.1 Å². The number of carbonyl (C=O) groups excluding carboxylic acids is 1. The molecule has 0 aromatic heterocycles. The van der Waals surface area contributed by atoms with Gasteiger partial charge < -0.3 is 25.2 Å². The number of ether oxygens (including phenoxy) is 2. The number of amidine groups is 1. The van der Waals surface area contributed by atoms with E-state index in [0.29, 0.717) is 12.3 Å². The Bertz CT molecular complexity index is 578. The van der Waals surface area contributed by atoms with Crippen LogP contribution < -0.4 is 10.6 Å². The number of carboxylic acids is 1. The molecule has 1 aliphatic rings. The summed E-state index contributed by atoms with van der Waals surface area (Å²) in [5, 5.41) is 21.8. The van der Waals surface area contributed by atoms with E-state index >= 15 is 0 Å². The average molecular weight is 335 g/mol. The fraction of sp³-hybridized carbons (Fsp3) is 0.438. The molecule has 0 spiro atoms. The number of hydrogen-bond donors (Lipinski definition) is 4. The van der Waals surface area contributed by atoms with Crippen molar-refractivity contribution in [2.75, 3.05) is 13.2 Å². The SMILES string of the molecule is N=C1CC[C@@H](COC[C@H](NC(=O)OCc2ccccc2)C(=O)O)N1. The predicted molar refractivity (Wildman–Crippen MR) is 85.9 cm³/mol. The molecule has 2 atom stereocenters. The van der Waals surface area contributed by atoms with Gasteiger partial charge in [0.25, 0.3) is 0 Å². The number of aliphatic carboxylic acids is 1. The van der Waals surface area contributed by atoms with E-state index in [1.54, 1.807) is 12.1 Å². The van der Waals surface area contributed by atoms with Crippen molar-refractivity contribution in [1.29, 1.82) is 5.41 Å². The summed E-state index contributed by atoms with van der Waals surface area (Å²) in [5.74, 6) is -0.736. The van der Waals surface area contributed by atoms with E-state index in [2.05, 4.69) is 10.6 Å². The van der Waals surface area contributed by atoms with Gasteiger partial charge >= 0.3 is 12.1 Å². The van der Waals surface area contributed by atoms with Crippen LogP contribution >= 0.6 is 0 Å². The second kappa shape index (κ2) is 8.88. The summed E-state index contributed by atoms with van der Waals surface area (Å²) >= 11 is 0. The minimum absolute atomic E-state index is 0.0111. The molecule has 1 aliphatic heterocycles. The Morgan fingerprint density at radius 3 is 2.75 bits per heavy atom. The van der Waals surface area contributed by atoms with Gasteiger partial charge in [0.15, 0.2) is 6.04 Å². The van der Waals surface area contributed by atoms with E-state index in [1.807, 2.05) is 18.2 Å². The van der Waals surface area contributed by atoms with Crippen LogP contribution in [0.1, 0.15) is 18.4 Å². The maximum absolute atomic E-state index is 11.7. The highest BCUT2D eigenvalue weighted by Gasteiger charge is 2.23. The van der Waals surface area contributed by atoms with E-state index in [-0.39, 0.29) is 25.9 Å². The second-order valence-corrected chi connectivity index (χ2v) is 5.49. The van der Waals surface area contributed by atoms with Gasteiger partial charge in [0.2, 0.25) is 0 Å². The molecule has 0 radical (unpaired) electrons. The third-order valence-corrected chi connectivity index (χ3v) is 3.53. The number of rotatable bonds is 8. The molecule has 1 aromatic carbocycles. The zero-order valence-electron chi connectivity index (χ0n) is 13.2. The molecule has 1 saturated heterocycles. The summed E-state index contributed by atoms with van der Waals surface area (Å²) < 4.78 is 10.3. The lowest BCUT2D eigenvalue weighted by atomic mass is 10.2. The predicted octanol–water partition coefficient (Wildman–Crippen LogP) is 1.11. The Balaban J connectivity index is 1.70. The molecular formula is C16H21N3O5. The Morgan fingerprint density at radius 2 is 2.12 bits per heavy atom. The first-order valence-electron chi connectivity index (χ1n) is 7.66. The number of hydrogen-bond acceptors (Lipinski definition) is 5. The van der Waals surface area contributed by atoms with Crippen molar-refractivity contribution in [1.82, 2.24) is 10.6 Å². The molecule has 24 heavy (non-hydrogen) atoms. The highest BCUT2D eigenvalue weighted by molar-refractivity contribution is 5.81. The Morgan fingerprint density at radius 1 is 1.38 bits per heavy atom. The molecule has 0 saturated carbocycles. The number of carbonyl (C=O) groups is 2. The van der Waals surface area contributed by atoms with E-state index in [9.17, 15) is 9.59 Å². The van der Waals surface area contributed by atoms with Crippen molar-refractivity contribution in [3.63, 3.8) is 0 Å². The number of nitrogens with one attached hydrogen (secondary N) is 3. The van der Waals surface area contributed by atoms with Gasteiger partial charge in [0, 0.05) is 6.42 Å². The van der Waals surface area contributed by atoms with Crippen LogP contribution in [0.2, 0.25) is 0 Å². The molecule has 2 rings (SSSR count). The van der Waals surface area contributed by atoms with Crippen LogP contribution in [0.15, 0.2) is 30.3 Å². The van der Waals surface area contributed by atoms with Crippen molar-refractivity contribution in [2.45, 2.75) is 31.5 Å². The third kappa shape index (κ3) is 5.88. The molecule has 1 heterocycles. The first kappa shape index (κ1) is 17.7. The van der Waals surface area contributed by atoms with Crippen LogP contribution in [0, 0.1) is 5.41 Å². The minimum Gasteiger partial charge on any atom is -0.480 e. The van der Waals surface area contributed by atoms with Crippen molar-refractivity contribution in [2.24, 2.45) is 0 Å². The van der Waals surface area contributed by atoms with Crippen LogP contribution in [0.3, 0.4) is 0 Å². The first-order chi connectivity index (χ1) is 11.5. The first-order valence-corrected chi connectivity index (χ1v) is 7.66. The van der Waals surface area contributed by atoms with Gasteiger partial charge in [0.05, 0.1) is 25.1 Å². The Hall–Kier alpha value is -2.61. The molecule has 130 valence electrons. The number of benzene rings is 1. The van der Waals surface area contributed by atoms with Gasteiger partial charge in [-0.05, 0) is 12.0 Å². The maximum atomic E-state index is 11.7. The standard InChI is InChI=1S/C16H21N3O5/c17-14-7-6-12(18-14)9-23-10-13(15(20)21)19-16(22)24-8-11-4-2-1-3-5-11/h1-5,12-13H,6-10H2,(H2,17,18)(H,19,22)(H,20,21)/t12-,13-/m0/s1. The number of alkyl carbamates (subject to hydrolysis) is 1. The van der Waals surface area contributed by atoms with Gasteiger partial charge in [-0.3, -0.25) is 5.41 Å². The van der Waals surface area contributed by atoms with Gasteiger partial charge in [-0.25, -0.2) is 9.59 Å². The smallest absolute Gasteiger partial charge is 0.408 e. The van der Waals surface area contributed by atoms with Gasteiger partial charge in [0.1, 0.15) is 6.61 Å². The zero-order chi connectivity index (χ0) is 17.4. The molecule has 0 unspecified atom stereocenters. The van der Waals surface area contributed by atoms with Gasteiger partial charge in [-0.2, -0.15) is 0 Å². The number of carboxylic acid groups (broad SMARTS) is 1. The monoisotopic (exact) mass is 335 g/mol. The quantitative estimate of drug-likeness (QED) is 0.565. The summed E-state index contributed by atoms with van der Waals surface area (Å²) in [6.07, 6.45) is 0.638. The zero-order valence-corrected chi connectivity index (χ0v) is 13.2. The molecule has 1 fully saturated rings. The molecule has 8 heteroatoms. The molecule has 0 bridgehead atoms. The molecule has 0 aliphatic carbocycles. The van der Waals surface area contributed by atoms with E-state index in [0.717, 1.165) is 12.0 Å². The highest BCUT2D eigenvalue weighted by Crippen LogP contribution is 2.07. The van der Waals surface area contributed by atoms with Crippen molar-refractivity contribution >= 4 is 17.9 Å².